The molecule has 0 fully saturated rings. The van der Waals surface area contributed by atoms with Crippen LogP contribution in [-0.2, 0) is 0 Å². The SMILES string of the molecule is Nc1ccc(F)c(C(=O)Nc2cccnc2)c1F. The molecule has 4 nitrogen and oxygen atoms in total. The molecule has 6 heteroatoms. The van der Waals surface area contributed by atoms with Gasteiger partial charge in [-0.2, -0.15) is 0 Å². The van der Waals surface area contributed by atoms with E-state index in [2.05, 4.69) is 10.3 Å². The molecule has 0 unspecified atom stereocenters. The van der Waals surface area contributed by atoms with E-state index in [1.807, 2.05) is 0 Å². The molecule has 18 heavy (non-hydrogen) atoms. The molecule has 92 valence electrons. The molecule has 2 aromatic rings. The number of nitrogens with one attached hydrogen (secondary N) is 1. The van der Waals surface area contributed by atoms with Gasteiger partial charge >= 0.3 is 0 Å². The molecule has 0 radical (unpaired) electrons. The molecule has 0 aliphatic heterocycles. The van der Waals surface area contributed by atoms with Gasteiger partial charge in [-0.3, -0.25) is 9.78 Å². The van der Waals surface area contributed by atoms with E-state index in [0.29, 0.717) is 5.69 Å². The summed E-state index contributed by atoms with van der Waals surface area (Å²) in [4.78, 5) is 15.5. The Kier molecular flexibility index (Phi) is 3.18. The predicted molar refractivity (Wildman–Crippen MR) is 63.0 cm³/mol. The average Bonchev–Trinajstić information content (AvgIpc) is 2.36. The Morgan fingerprint density at radius 2 is 2.06 bits per heavy atom. The number of nitrogens with zero attached hydrogens (tertiary/aromatic N) is 1. The summed E-state index contributed by atoms with van der Waals surface area (Å²) in [6.07, 6.45) is 2.87. The van der Waals surface area contributed by atoms with Crippen molar-refractivity contribution < 1.29 is 13.6 Å². The third-order valence-electron chi connectivity index (χ3n) is 2.27. The van der Waals surface area contributed by atoms with E-state index in [1.165, 1.54) is 12.4 Å². The van der Waals surface area contributed by atoms with Crippen molar-refractivity contribution in [3.8, 4) is 0 Å². The molecule has 0 spiro atoms. The lowest BCUT2D eigenvalue weighted by Gasteiger charge is -2.07. The third kappa shape index (κ3) is 2.27. The van der Waals surface area contributed by atoms with Crippen LogP contribution in [-0.4, -0.2) is 10.9 Å². The number of hydrogen-bond acceptors (Lipinski definition) is 3. The van der Waals surface area contributed by atoms with Crippen LogP contribution in [0.2, 0.25) is 0 Å². The Morgan fingerprint density at radius 1 is 1.28 bits per heavy atom. The van der Waals surface area contributed by atoms with E-state index < -0.39 is 23.1 Å². The first-order valence-electron chi connectivity index (χ1n) is 5.04. The summed E-state index contributed by atoms with van der Waals surface area (Å²) in [6, 6.07) is 5.14. The van der Waals surface area contributed by atoms with E-state index in [4.69, 9.17) is 5.73 Å². The fraction of sp³-hybridized carbons (Fsp3) is 0. The summed E-state index contributed by atoms with van der Waals surface area (Å²) >= 11 is 0. The second kappa shape index (κ2) is 4.79. The van der Waals surface area contributed by atoms with E-state index in [1.54, 1.807) is 12.1 Å². The van der Waals surface area contributed by atoms with E-state index in [9.17, 15) is 13.6 Å². The van der Waals surface area contributed by atoms with Crippen LogP contribution in [0.4, 0.5) is 20.2 Å². The Morgan fingerprint density at radius 3 is 2.72 bits per heavy atom. The van der Waals surface area contributed by atoms with Crippen LogP contribution in [0.5, 0.6) is 0 Å². The number of anilines is 2. The fourth-order valence-electron chi connectivity index (χ4n) is 1.41. The molecule has 1 aromatic heterocycles. The summed E-state index contributed by atoms with van der Waals surface area (Å²) in [5, 5.41) is 2.33. The van der Waals surface area contributed by atoms with Gasteiger partial charge < -0.3 is 11.1 Å². The lowest BCUT2D eigenvalue weighted by molar-refractivity contribution is 0.101. The number of rotatable bonds is 2. The monoisotopic (exact) mass is 249 g/mol. The van der Waals surface area contributed by atoms with Gasteiger partial charge in [0, 0.05) is 6.20 Å². The van der Waals surface area contributed by atoms with Crippen LogP contribution in [0.25, 0.3) is 0 Å². The van der Waals surface area contributed by atoms with Crippen molar-refractivity contribution in [1.29, 1.82) is 0 Å². The van der Waals surface area contributed by atoms with E-state index in [0.717, 1.165) is 12.1 Å². The van der Waals surface area contributed by atoms with Crippen LogP contribution in [0.1, 0.15) is 10.4 Å². The van der Waals surface area contributed by atoms with Gasteiger partial charge in [0.2, 0.25) is 0 Å². The summed E-state index contributed by atoms with van der Waals surface area (Å²) in [6.45, 7) is 0. The minimum atomic E-state index is -1.07. The highest BCUT2D eigenvalue weighted by Gasteiger charge is 2.19. The fourth-order valence-corrected chi connectivity index (χ4v) is 1.41. The van der Waals surface area contributed by atoms with Gasteiger partial charge in [-0.25, -0.2) is 8.78 Å². The van der Waals surface area contributed by atoms with Crippen molar-refractivity contribution in [3.05, 3.63) is 53.9 Å². The number of benzene rings is 1. The van der Waals surface area contributed by atoms with Crippen LogP contribution >= 0.6 is 0 Å². The van der Waals surface area contributed by atoms with Gasteiger partial charge in [-0.05, 0) is 24.3 Å². The zero-order valence-electron chi connectivity index (χ0n) is 9.15. The van der Waals surface area contributed by atoms with Gasteiger partial charge in [0.25, 0.3) is 5.91 Å². The van der Waals surface area contributed by atoms with Crippen molar-refractivity contribution in [1.82, 2.24) is 4.98 Å². The van der Waals surface area contributed by atoms with Crippen molar-refractivity contribution in [2.24, 2.45) is 0 Å². The average molecular weight is 249 g/mol. The van der Waals surface area contributed by atoms with Crippen LogP contribution in [0.15, 0.2) is 36.7 Å². The van der Waals surface area contributed by atoms with E-state index >= 15 is 0 Å². The quantitative estimate of drug-likeness (QED) is 0.801. The summed E-state index contributed by atoms with van der Waals surface area (Å²) in [5.41, 5.74) is 4.63. The predicted octanol–water partition coefficient (Wildman–Crippen LogP) is 2.19. The van der Waals surface area contributed by atoms with Gasteiger partial charge in [0.05, 0.1) is 17.6 Å². The van der Waals surface area contributed by atoms with Crippen molar-refractivity contribution in [2.45, 2.75) is 0 Å². The van der Waals surface area contributed by atoms with Crippen molar-refractivity contribution in [3.63, 3.8) is 0 Å². The first kappa shape index (κ1) is 12.0. The molecule has 0 aliphatic rings. The largest absolute Gasteiger partial charge is 0.396 e. The summed E-state index contributed by atoms with van der Waals surface area (Å²) in [5.74, 6) is -2.95. The summed E-state index contributed by atoms with van der Waals surface area (Å²) in [7, 11) is 0. The normalized spacial score (nSPS) is 10.1. The zero-order chi connectivity index (χ0) is 13.1. The first-order valence-corrected chi connectivity index (χ1v) is 5.04. The number of nitrogens with two attached hydrogens (primary N) is 1. The molecular formula is C12H9F2N3O. The van der Waals surface area contributed by atoms with Crippen LogP contribution in [0, 0.1) is 11.6 Å². The van der Waals surface area contributed by atoms with Gasteiger partial charge in [-0.15, -0.1) is 0 Å². The van der Waals surface area contributed by atoms with Gasteiger partial charge in [0.1, 0.15) is 11.4 Å². The van der Waals surface area contributed by atoms with Crippen LogP contribution < -0.4 is 11.1 Å². The van der Waals surface area contributed by atoms with Gasteiger partial charge in [-0.1, -0.05) is 0 Å². The zero-order valence-corrected chi connectivity index (χ0v) is 9.15. The highest BCUT2D eigenvalue weighted by atomic mass is 19.1. The summed E-state index contributed by atoms with van der Waals surface area (Å²) < 4.78 is 27.0. The number of pyridine rings is 1. The van der Waals surface area contributed by atoms with Crippen molar-refractivity contribution in [2.75, 3.05) is 11.1 Å². The number of carbonyl (C=O) groups excluding carboxylic acids is 1. The number of nitrogen functional groups attached to an aromatic ring is 1. The molecule has 0 saturated carbocycles. The number of halogens is 2. The molecule has 0 atom stereocenters. The number of amides is 1. The lowest BCUT2D eigenvalue weighted by atomic mass is 10.1. The molecule has 2 rings (SSSR count). The first-order chi connectivity index (χ1) is 8.59. The molecule has 0 aliphatic carbocycles. The molecule has 1 aromatic carbocycles. The minimum absolute atomic E-state index is 0.285. The van der Waals surface area contributed by atoms with E-state index in [-0.39, 0.29) is 5.69 Å². The smallest absolute Gasteiger partial charge is 0.261 e. The van der Waals surface area contributed by atoms with Crippen LogP contribution in [0.3, 0.4) is 0 Å². The lowest BCUT2D eigenvalue weighted by Crippen LogP contribution is -2.16. The van der Waals surface area contributed by atoms with Crippen molar-refractivity contribution >= 4 is 17.3 Å². The highest BCUT2D eigenvalue weighted by molar-refractivity contribution is 6.05. The Hall–Kier alpha value is -2.50. The Balaban J connectivity index is 2.33. The number of carbonyl (C=O) groups is 1. The second-order valence-corrected chi connectivity index (χ2v) is 3.52. The maximum atomic E-state index is 13.6. The second-order valence-electron chi connectivity index (χ2n) is 3.52. The number of aromatic nitrogens is 1. The maximum absolute atomic E-state index is 13.6. The molecular weight excluding hydrogens is 240 g/mol. The highest BCUT2D eigenvalue weighted by Crippen LogP contribution is 2.19. The minimum Gasteiger partial charge on any atom is -0.396 e. The third-order valence-corrected chi connectivity index (χ3v) is 2.27. The number of hydrogen-bond donors (Lipinski definition) is 2. The molecule has 0 bridgehead atoms. The Bertz CT molecular complexity index is 587. The molecule has 0 saturated heterocycles. The maximum Gasteiger partial charge on any atom is 0.261 e. The molecule has 1 amide bonds. The van der Waals surface area contributed by atoms with Gasteiger partial charge in [0.15, 0.2) is 5.82 Å². The molecule has 1 heterocycles. The molecule has 3 N–H and O–H groups in total. The topological polar surface area (TPSA) is 68.0 Å². The Labute approximate surface area is 101 Å². The standard InChI is InChI=1S/C12H9F2N3O/c13-8-3-4-9(15)11(14)10(8)12(18)17-7-2-1-5-16-6-7/h1-6H,15H2,(H,17,18).